The quantitative estimate of drug-likeness (QED) is 0.184. The number of carbonyl (C=O) groups excluding carboxylic acids is 2. The van der Waals surface area contributed by atoms with Crippen LogP contribution in [0.25, 0.3) is 22.0 Å². The van der Waals surface area contributed by atoms with Crippen molar-refractivity contribution in [3.8, 4) is 27.7 Å². The van der Waals surface area contributed by atoms with E-state index in [1.54, 1.807) is 0 Å². The highest BCUT2D eigenvalue weighted by atomic mass is 32.1. The van der Waals surface area contributed by atoms with Gasteiger partial charge in [0.2, 0.25) is 0 Å². The third kappa shape index (κ3) is 5.64. The van der Waals surface area contributed by atoms with Crippen LogP contribution in [0.15, 0.2) is 36.4 Å². The van der Waals surface area contributed by atoms with E-state index < -0.39 is 17.5 Å². The largest absolute Gasteiger partial charge is 0.421 e. The third-order valence-corrected chi connectivity index (χ3v) is 6.10. The van der Waals surface area contributed by atoms with Crippen LogP contribution >= 0.6 is 11.5 Å². The van der Waals surface area contributed by atoms with Gasteiger partial charge >= 0.3 is 5.97 Å². The fourth-order valence-electron chi connectivity index (χ4n) is 3.63. The van der Waals surface area contributed by atoms with Gasteiger partial charge in [0, 0.05) is 37.0 Å². The molecule has 2 heterocycles. The van der Waals surface area contributed by atoms with Crippen LogP contribution < -0.4 is 9.64 Å². The van der Waals surface area contributed by atoms with Crippen molar-refractivity contribution in [1.29, 1.82) is 0 Å². The molecule has 0 amide bonds. The lowest BCUT2D eigenvalue weighted by Crippen LogP contribution is -2.18. The van der Waals surface area contributed by atoms with Crippen molar-refractivity contribution in [1.82, 2.24) is 9.36 Å². The molecule has 4 rings (SSSR count). The second kappa shape index (κ2) is 11.3. The molecule has 34 heavy (non-hydrogen) atoms. The maximum Gasteiger partial charge on any atom is 0.337 e. The Morgan fingerprint density at radius 1 is 1.15 bits per heavy atom. The van der Waals surface area contributed by atoms with Crippen LogP contribution in [0.3, 0.4) is 0 Å². The zero-order valence-corrected chi connectivity index (χ0v) is 19.5. The molecule has 10 heteroatoms. The Morgan fingerprint density at radius 2 is 1.91 bits per heavy atom. The summed E-state index contributed by atoms with van der Waals surface area (Å²) >= 11 is 1.10. The Morgan fingerprint density at radius 3 is 2.62 bits per heavy atom. The molecular formula is C24H24FN3O5S. The summed E-state index contributed by atoms with van der Waals surface area (Å²) in [5.41, 5.74) is 2.28. The summed E-state index contributed by atoms with van der Waals surface area (Å²) in [5.74, 6) is -1.59. The van der Waals surface area contributed by atoms with Crippen LogP contribution in [0.4, 0.5) is 10.1 Å². The Balaban J connectivity index is 1.49. The Labute approximate surface area is 200 Å². The van der Waals surface area contributed by atoms with Crippen molar-refractivity contribution >= 4 is 29.5 Å². The van der Waals surface area contributed by atoms with Gasteiger partial charge in [0.15, 0.2) is 23.7 Å². The van der Waals surface area contributed by atoms with Crippen molar-refractivity contribution in [2.45, 2.75) is 12.8 Å². The zero-order chi connectivity index (χ0) is 23.9. The molecule has 0 saturated carbocycles. The van der Waals surface area contributed by atoms with Gasteiger partial charge in [-0.15, -0.1) is 0 Å². The lowest BCUT2D eigenvalue weighted by molar-refractivity contribution is -0.140. The minimum atomic E-state index is -0.850. The SMILES string of the molecule is COCCOCC(=O)Oc1c(F)cc(-c2nc(-c3ccc(N4CCCC4)cc3)ns2)cc1C=O. The Hall–Kier alpha value is -3.21. The van der Waals surface area contributed by atoms with Crippen molar-refractivity contribution in [2.24, 2.45) is 0 Å². The van der Waals surface area contributed by atoms with E-state index in [9.17, 15) is 14.0 Å². The number of halogens is 1. The first kappa shape index (κ1) is 23.9. The van der Waals surface area contributed by atoms with Crippen LogP contribution in [0, 0.1) is 5.82 Å². The number of anilines is 1. The van der Waals surface area contributed by atoms with Gasteiger partial charge in [-0.1, -0.05) is 0 Å². The van der Waals surface area contributed by atoms with E-state index in [1.807, 2.05) is 24.3 Å². The summed E-state index contributed by atoms with van der Waals surface area (Å²) in [5, 5.41) is 0.446. The van der Waals surface area contributed by atoms with Crippen LogP contribution in [-0.2, 0) is 14.3 Å². The number of aromatic nitrogens is 2. The van der Waals surface area contributed by atoms with Gasteiger partial charge in [0.25, 0.3) is 0 Å². The number of esters is 1. The summed E-state index contributed by atoms with van der Waals surface area (Å²) in [6.45, 7) is 2.24. The number of methoxy groups -OCH3 is 1. The van der Waals surface area contributed by atoms with E-state index >= 15 is 0 Å². The van der Waals surface area contributed by atoms with E-state index in [0.717, 1.165) is 30.2 Å². The summed E-state index contributed by atoms with van der Waals surface area (Å²) in [6, 6.07) is 10.6. The van der Waals surface area contributed by atoms with Gasteiger partial charge < -0.3 is 19.1 Å². The summed E-state index contributed by atoms with van der Waals surface area (Å²) < 4.78 is 34.1. The molecule has 1 fully saturated rings. The fourth-order valence-corrected chi connectivity index (χ4v) is 4.30. The predicted molar refractivity (Wildman–Crippen MR) is 126 cm³/mol. The van der Waals surface area contributed by atoms with Crippen molar-refractivity contribution in [3.63, 3.8) is 0 Å². The third-order valence-electron chi connectivity index (χ3n) is 5.34. The minimum Gasteiger partial charge on any atom is -0.421 e. The van der Waals surface area contributed by atoms with Gasteiger partial charge in [-0.2, -0.15) is 4.37 Å². The van der Waals surface area contributed by atoms with E-state index in [0.29, 0.717) is 29.3 Å². The smallest absolute Gasteiger partial charge is 0.337 e. The summed E-state index contributed by atoms with van der Waals surface area (Å²) in [4.78, 5) is 30.3. The minimum absolute atomic E-state index is 0.105. The normalized spacial score (nSPS) is 13.3. The number of hydrogen-bond donors (Lipinski definition) is 0. The number of benzene rings is 2. The first-order valence-corrected chi connectivity index (χ1v) is 11.6. The molecular weight excluding hydrogens is 461 g/mol. The van der Waals surface area contributed by atoms with Gasteiger partial charge in [-0.3, -0.25) is 4.79 Å². The molecule has 1 aliphatic heterocycles. The van der Waals surface area contributed by atoms with E-state index in [4.69, 9.17) is 14.2 Å². The Bertz CT molecular complexity index is 1150. The highest BCUT2D eigenvalue weighted by molar-refractivity contribution is 7.09. The second-order valence-corrected chi connectivity index (χ2v) is 8.43. The molecule has 1 aliphatic rings. The van der Waals surface area contributed by atoms with E-state index in [1.165, 1.54) is 37.8 Å². The van der Waals surface area contributed by atoms with Crippen molar-refractivity contribution in [2.75, 3.05) is 44.9 Å². The number of ether oxygens (including phenoxy) is 3. The summed E-state index contributed by atoms with van der Waals surface area (Å²) in [6.07, 6.45) is 2.84. The molecule has 0 aliphatic carbocycles. The van der Waals surface area contributed by atoms with Gasteiger partial charge in [0.05, 0.1) is 18.8 Å². The molecule has 0 atom stereocenters. The molecule has 0 bridgehead atoms. The van der Waals surface area contributed by atoms with Gasteiger partial charge in [-0.25, -0.2) is 14.2 Å². The number of aldehydes is 1. The average Bonchev–Trinajstić information content (AvgIpc) is 3.56. The van der Waals surface area contributed by atoms with E-state index in [-0.39, 0.29) is 18.8 Å². The first-order valence-electron chi connectivity index (χ1n) is 10.8. The van der Waals surface area contributed by atoms with Crippen LogP contribution in [0.1, 0.15) is 23.2 Å². The molecule has 1 saturated heterocycles. The standard InChI is InChI=1S/C24H24FN3O5S/c1-31-10-11-32-15-21(30)33-22-18(14-29)12-17(13-20(22)25)24-26-23(27-34-24)16-4-6-19(7-5-16)28-8-2-3-9-28/h4-7,12-14H,2-3,8-11,15H2,1H3. The van der Waals surface area contributed by atoms with Crippen LogP contribution in [-0.4, -0.2) is 61.6 Å². The molecule has 0 spiro atoms. The molecule has 0 N–H and O–H groups in total. The number of hydrogen-bond acceptors (Lipinski definition) is 9. The Kier molecular flexibility index (Phi) is 7.94. The van der Waals surface area contributed by atoms with Crippen LogP contribution in [0.2, 0.25) is 0 Å². The van der Waals surface area contributed by atoms with Gasteiger partial charge in [0.1, 0.15) is 11.6 Å². The van der Waals surface area contributed by atoms with Gasteiger partial charge in [-0.05, 0) is 60.8 Å². The molecule has 2 aromatic carbocycles. The number of rotatable bonds is 10. The highest BCUT2D eigenvalue weighted by Crippen LogP contribution is 2.32. The lowest BCUT2D eigenvalue weighted by atomic mass is 10.1. The second-order valence-electron chi connectivity index (χ2n) is 7.68. The molecule has 178 valence electrons. The molecule has 3 aromatic rings. The molecule has 0 radical (unpaired) electrons. The lowest BCUT2D eigenvalue weighted by Gasteiger charge is -2.17. The first-order chi connectivity index (χ1) is 16.6. The van der Waals surface area contributed by atoms with E-state index in [2.05, 4.69) is 14.3 Å². The predicted octanol–water partition coefficient (Wildman–Crippen LogP) is 3.99. The topological polar surface area (TPSA) is 90.8 Å². The average molecular weight is 486 g/mol. The van der Waals surface area contributed by atoms with Crippen LogP contribution in [0.5, 0.6) is 5.75 Å². The maximum absolute atomic E-state index is 14.8. The maximum atomic E-state index is 14.8. The molecule has 0 unspecified atom stereocenters. The summed E-state index contributed by atoms with van der Waals surface area (Å²) in [7, 11) is 1.50. The number of nitrogens with zero attached hydrogens (tertiary/aromatic N) is 3. The van der Waals surface area contributed by atoms with Crippen molar-refractivity contribution in [3.05, 3.63) is 47.8 Å². The molecule has 8 nitrogen and oxygen atoms in total. The zero-order valence-electron chi connectivity index (χ0n) is 18.7. The fraction of sp³-hybridized carbons (Fsp3) is 0.333. The van der Waals surface area contributed by atoms with Crippen molar-refractivity contribution < 1.29 is 28.2 Å². The highest BCUT2D eigenvalue weighted by Gasteiger charge is 2.19. The molecule has 1 aromatic heterocycles. The number of carbonyl (C=O) groups is 2. The monoisotopic (exact) mass is 485 g/mol.